The van der Waals surface area contributed by atoms with Gasteiger partial charge in [-0.25, -0.2) is 9.97 Å². The highest BCUT2D eigenvalue weighted by Crippen LogP contribution is 2.44. The van der Waals surface area contributed by atoms with Gasteiger partial charge >= 0.3 is 6.18 Å². The van der Waals surface area contributed by atoms with E-state index < -0.39 is 17.8 Å². The van der Waals surface area contributed by atoms with Crippen LogP contribution in [-0.2, 0) is 23.9 Å². The first-order valence-corrected chi connectivity index (χ1v) is 11.2. The van der Waals surface area contributed by atoms with Gasteiger partial charge in [0.25, 0.3) is 0 Å². The molecule has 0 spiro atoms. The number of nitrogens with zero attached hydrogens (tertiary/aromatic N) is 4. The molecule has 5 heterocycles. The van der Waals surface area contributed by atoms with Crippen LogP contribution in [0.2, 0.25) is 0 Å². The maximum atomic E-state index is 14.1. The number of alkyl halides is 3. The van der Waals surface area contributed by atoms with Crippen molar-refractivity contribution in [3.05, 3.63) is 46.5 Å². The molecule has 6 rings (SSSR count). The summed E-state index contributed by atoms with van der Waals surface area (Å²) in [6.45, 7) is 5.57. The van der Waals surface area contributed by atoms with E-state index in [2.05, 4.69) is 37.3 Å². The van der Waals surface area contributed by atoms with Crippen LogP contribution in [0.1, 0.15) is 53.8 Å². The lowest BCUT2D eigenvalue weighted by atomic mass is 9.90. The normalized spacial score (nSPS) is 27.2. The van der Waals surface area contributed by atoms with Gasteiger partial charge in [0, 0.05) is 47.6 Å². The molecule has 1 aromatic carbocycles. The molecule has 0 amide bonds. The summed E-state index contributed by atoms with van der Waals surface area (Å²) in [7, 11) is 0. The van der Waals surface area contributed by atoms with Crippen LogP contribution in [0.5, 0.6) is 0 Å². The fourth-order valence-corrected chi connectivity index (χ4v) is 5.91. The molecule has 2 aromatic heterocycles. The topological polar surface area (TPSA) is 79.0 Å². The zero-order valence-electron chi connectivity index (χ0n) is 18.5. The highest BCUT2D eigenvalue weighted by molar-refractivity contribution is 5.85. The molecule has 33 heavy (non-hydrogen) atoms. The molecular formula is C23H25F3N6O. The molecular weight excluding hydrogens is 433 g/mol. The molecule has 2 bridgehead atoms. The molecule has 0 saturated carbocycles. The van der Waals surface area contributed by atoms with Crippen molar-refractivity contribution in [3.8, 4) is 0 Å². The van der Waals surface area contributed by atoms with Crippen LogP contribution in [0.3, 0.4) is 0 Å². The summed E-state index contributed by atoms with van der Waals surface area (Å²) >= 11 is 0. The Morgan fingerprint density at radius 3 is 2.91 bits per heavy atom. The van der Waals surface area contributed by atoms with Crippen molar-refractivity contribution >= 4 is 16.7 Å². The smallest absolute Gasteiger partial charge is 0.368 e. The summed E-state index contributed by atoms with van der Waals surface area (Å²) in [6.07, 6.45) is 0.207. The molecule has 0 radical (unpaired) electrons. The van der Waals surface area contributed by atoms with Gasteiger partial charge in [0.15, 0.2) is 0 Å². The van der Waals surface area contributed by atoms with Crippen molar-refractivity contribution in [2.75, 3.05) is 18.0 Å². The largest absolute Gasteiger partial charge is 0.417 e. The average Bonchev–Trinajstić information content (AvgIpc) is 3.33. The molecule has 3 aromatic rings. The molecule has 3 aliphatic rings. The SMILES string of the molecule is Cc1cc2[nH]ncc2c(C2Cc3ncnc(N4C[C@H]5CC[C@@](C)(C4)N5)c3CO2)c1C(F)(F)F. The predicted octanol–water partition coefficient (Wildman–Crippen LogP) is 3.82. The van der Waals surface area contributed by atoms with Gasteiger partial charge in [-0.1, -0.05) is 0 Å². The van der Waals surface area contributed by atoms with Crippen molar-refractivity contribution in [1.29, 1.82) is 0 Å². The van der Waals surface area contributed by atoms with Crippen LogP contribution in [0.25, 0.3) is 10.9 Å². The monoisotopic (exact) mass is 458 g/mol. The number of hydrogen-bond acceptors (Lipinski definition) is 6. The van der Waals surface area contributed by atoms with E-state index >= 15 is 0 Å². The third-order valence-electron chi connectivity index (χ3n) is 7.29. The second-order valence-electron chi connectivity index (χ2n) is 9.76. The minimum absolute atomic E-state index is 0.0505. The van der Waals surface area contributed by atoms with Crippen LogP contribution >= 0.6 is 0 Å². The van der Waals surface area contributed by atoms with Gasteiger partial charge in [-0.15, -0.1) is 0 Å². The number of nitrogens with one attached hydrogen (secondary N) is 2. The van der Waals surface area contributed by atoms with E-state index in [1.54, 1.807) is 0 Å². The van der Waals surface area contributed by atoms with Gasteiger partial charge < -0.3 is 15.0 Å². The number of rotatable bonds is 2. The fraction of sp³-hybridized carbons (Fsp3) is 0.522. The van der Waals surface area contributed by atoms with Crippen molar-refractivity contribution in [2.45, 2.75) is 63.6 Å². The Balaban J connectivity index is 1.39. The number of benzene rings is 1. The summed E-state index contributed by atoms with van der Waals surface area (Å²) in [6, 6.07) is 1.91. The maximum absolute atomic E-state index is 14.1. The predicted molar refractivity (Wildman–Crippen MR) is 116 cm³/mol. The number of anilines is 1. The molecule has 3 atom stereocenters. The highest BCUT2D eigenvalue weighted by Gasteiger charge is 2.43. The van der Waals surface area contributed by atoms with E-state index in [-0.39, 0.29) is 29.7 Å². The molecule has 2 saturated heterocycles. The standard InChI is InChI=1S/C23H25F3N6O/c1-12-5-17-14(7-29-31-17)19(20(12)23(24,25)26)18-6-16-15(9-33-18)21(28-11-27-16)32-8-13-3-4-22(2,10-32)30-13/h5,7,11,13,18,30H,3-4,6,8-10H2,1-2H3,(H,29,31)/t13-,18?,22+/m1/s1. The van der Waals surface area contributed by atoms with Gasteiger partial charge in [0.05, 0.1) is 35.7 Å². The lowest BCUT2D eigenvalue weighted by Gasteiger charge is -2.41. The van der Waals surface area contributed by atoms with Crippen LogP contribution in [-0.4, -0.2) is 44.8 Å². The zero-order valence-corrected chi connectivity index (χ0v) is 18.5. The molecule has 7 nitrogen and oxygen atoms in total. The summed E-state index contributed by atoms with van der Waals surface area (Å²) < 4.78 is 48.4. The molecule has 1 unspecified atom stereocenters. The molecule has 174 valence electrons. The lowest BCUT2D eigenvalue weighted by molar-refractivity contribution is -0.140. The first-order chi connectivity index (χ1) is 15.7. The van der Waals surface area contributed by atoms with Gasteiger partial charge in [-0.3, -0.25) is 5.10 Å². The number of hydrogen-bond donors (Lipinski definition) is 2. The van der Waals surface area contributed by atoms with Gasteiger partial charge in [0.2, 0.25) is 0 Å². The number of fused-ring (bicyclic) bond motifs is 4. The second-order valence-corrected chi connectivity index (χ2v) is 9.76. The third kappa shape index (κ3) is 3.38. The van der Waals surface area contributed by atoms with Crippen molar-refractivity contribution in [2.24, 2.45) is 0 Å². The van der Waals surface area contributed by atoms with Crippen LogP contribution in [0.15, 0.2) is 18.6 Å². The van der Waals surface area contributed by atoms with Crippen molar-refractivity contribution in [3.63, 3.8) is 0 Å². The van der Waals surface area contributed by atoms with E-state index in [0.29, 0.717) is 16.9 Å². The maximum Gasteiger partial charge on any atom is 0.417 e. The van der Waals surface area contributed by atoms with Gasteiger partial charge in [-0.05, 0) is 38.3 Å². The average molecular weight is 458 g/mol. The number of ether oxygens (including phenoxy) is 1. The minimum Gasteiger partial charge on any atom is -0.368 e. The summed E-state index contributed by atoms with van der Waals surface area (Å²) in [5.74, 6) is 0.840. The number of piperazine rings is 1. The van der Waals surface area contributed by atoms with E-state index in [9.17, 15) is 13.2 Å². The van der Waals surface area contributed by atoms with Crippen LogP contribution < -0.4 is 10.2 Å². The fourth-order valence-electron chi connectivity index (χ4n) is 5.91. The molecule has 0 aliphatic carbocycles. The quantitative estimate of drug-likeness (QED) is 0.608. The Bertz CT molecular complexity index is 1240. The van der Waals surface area contributed by atoms with Crippen LogP contribution in [0.4, 0.5) is 19.0 Å². The Kier molecular flexibility index (Phi) is 4.51. The summed E-state index contributed by atoms with van der Waals surface area (Å²) in [5, 5.41) is 10.9. The van der Waals surface area contributed by atoms with Gasteiger partial charge in [-0.2, -0.15) is 18.3 Å². The number of aromatic amines is 1. The lowest BCUT2D eigenvalue weighted by Crippen LogP contribution is -2.58. The van der Waals surface area contributed by atoms with Gasteiger partial charge in [0.1, 0.15) is 12.1 Å². The van der Waals surface area contributed by atoms with E-state index in [4.69, 9.17) is 4.74 Å². The Labute approximate surface area is 188 Å². The van der Waals surface area contributed by atoms with Crippen molar-refractivity contribution < 1.29 is 17.9 Å². The first-order valence-electron chi connectivity index (χ1n) is 11.2. The van der Waals surface area contributed by atoms with E-state index in [1.165, 1.54) is 25.5 Å². The zero-order chi connectivity index (χ0) is 23.0. The summed E-state index contributed by atoms with van der Waals surface area (Å²) in [4.78, 5) is 11.3. The number of halogens is 3. The first kappa shape index (κ1) is 20.9. The Hall–Kier alpha value is -2.72. The number of aryl methyl sites for hydroxylation is 1. The second kappa shape index (κ2) is 7.14. The summed E-state index contributed by atoms with van der Waals surface area (Å²) in [5.41, 5.74) is 1.88. The minimum atomic E-state index is -4.50. The Morgan fingerprint density at radius 2 is 2.12 bits per heavy atom. The molecule has 2 fully saturated rings. The molecule has 3 aliphatic heterocycles. The number of H-pyrrole nitrogens is 1. The highest BCUT2D eigenvalue weighted by atomic mass is 19.4. The third-order valence-corrected chi connectivity index (χ3v) is 7.29. The number of aromatic nitrogens is 4. The van der Waals surface area contributed by atoms with Crippen molar-refractivity contribution in [1.82, 2.24) is 25.5 Å². The Morgan fingerprint density at radius 1 is 1.27 bits per heavy atom. The van der Waals surface area contributed by atoms with E-state index in [0.717, 1.165) is 43.0 Å². The van der Waals surface area contributed by atoms with Crippen LogP contribution in [0, 0.1) is 6.92 Å². The molecule has 10 heteroatoms. The van der Waals surface area contributed by atoms with E-state index in [1.807, 2.05) is 0 Å². The molecule has 2 N–H and O–H groups in total.